The molecule has 0 unspecified atom stereocenters. The van der Waals surface area contributed by atoms with E-state index in [9.17, 15) is 0 Å². The smallest absolute Gasteiger partial charge is 0.261 e. The third kappa shape index (κ3) is 4.39. The van der Waals surface area contributed by atoms with Crippen LogP contribution in [0, 0.1) is 11.3 Å². The first-order valence-electron chi connectivity index (χ1n) is 9.07. The first-order valence-corrected chi connectivity index (χ1v) is 11.0. The normalized spacial score (nSPS) is 13.2. The maximum atomic E-state index is 8.81. The Labute approximate surface area is 153 Å². The van der Waals surface area contributed by atoms with Gasteiger partial charge in [0.1, 0.15) is 0 Å². The summed E-state index contributed by atoms with van der Waals surface area (Å²) in [5.74, 6) is 0. The summed E-state index contributed by atoms with van der Waals surface area (Å²) >= 11 is 0. The molecule has 0 aliphatic carbocycles. The number of hydrogen-bond acceptors (Lipinski definition) is 2. The number of unbranched alkanes of at least 4 members (excludes halogenated alkanes) is 1. The predicted octanol–water partition coefficient (Wildman–Crippen LogP) is 4.65. The molecule has 0 heterocycles. The van der Waals surface area contributed by atoms with Crippen molar-refractivity contribution in [3.8, 4) is 6.07 Å². The SMILES string of the molecule is C[C@H](CCCC#N)O[Si](c1ccccc1)(c1ccccc1)C(C)(C)C. The van der Waals surface area contributed by atoms with Crippen molar-refractivity contribution in [1.82, 2.24) is 0 Å². The van der Waals surface area contributed by atoms with E-state index in [1.54, 1.807) is 0 Å². The Balaban J connectivity index is 2.51. The summed E-state index contributed by atoms with van der Waals surface area (Å²) in [5, 5.41) is 11.4. The van der Waals surface area contributed by atoms with E-state index in [2.05, 4.69) is 94.4 Å². The molecule has 132 valence electrons. The first kappa shape index (κ1) is 19.4. The Morgan fingerprint density at radius 3 is 1.84 bits per heavy atom. The van der Waals surface area contributed by atoms with Gasteiger partial charge in [-0.15, -0.1) is 0 Å². The number of nitrogens with zero attached hydrogens (tertiary/aromatic N) is 1. The fourth-order valence-corrected chi connectivity index (χ4v) is 8.26. The van der Waals surface area contributed by atoms with E-state index in [1.165, 1.54) is 10.4 Å². The highest BCUT2D eigenvalue weighted by Gasteiger charge is 2.50. The molecule has 25 heavy (non-hydrogen) atoms. The Morgan fingerprint density at radius 2 is 1.44 bits per heavy atom. The average Bonchev–Trinajstić information content (AvgIpc) is 2.60. The van der Waals surface area contributed by atoms with E-state index in [-0.39, 0.29) is 11.1 Å². The van der Waals surface area contributed by atoms with Gasteiger partial charge in [0, 0.05) is 12.5 Å². The van der Waals surface area contributed by atoms with Crippen LogP contribution in [0.1, 0.15) is 47.0 Å². The van der Waals surface area contributed by atoms with Crippen molar-refractivity contribution < 1.29 is 4.43 Å². The second kappa shape index (κ2) is 8.47. The van der Waals surface area contributed by atoms with E-state index in [0.717, 1.165) is 12.8 Å². The lowest BCUT2D eigenvalue weighted by Crippen LogP contribution is -2.67. The third-order valence-corrected chi connectivity index (χ3v) is 9.86. The van der Waals surface area contributed by atoms with Gasteiger partial charge in [-0.3, -0.25) is 0 Å². The fourth-order valence-electron chi connectivity index (χ4n) is 3.52. The molecule has 0 aliphatic heterocycles. The van der Waals surface area contributed by atoms with Crippen molar-refractivity contribution in [3.63, 3.8) is 0 Å². The van der Waals surface area contributed by atoms with Gasteiger partial charge in [-0.25, -0.2) is 0 Å². The maximum absolute atomic E-state index is 8.81. The van der Waals surface area contributed by atoms with Crippen LogP contribution in [0.25, 0.3) is 0 Å². The monoisotopic (exact) mass is 351 g/mol. The van der Waals surface area contributed by atoms with Crippen LogP contribution in [0.3, 0.4) is 0 Å². The van der Waals surface area contributed by atoms with Crippen LogP contribution < -0.4 is 10.4 Å². The molecule has 0 bridgehead atoms. The molecule has 0 fully saturated rings. The zero-order chi connectivity index (χ0) is 18.3. The van der Waals surface area contributed by atoms with E-state index >= 15 is 0 Å². The lowest BCUT2D eigenvalue weighted by Gasteiger charge is -2.44. The summed E-state index contributed by atoms with van der Waals surface area (Å²) in [6.45, 7) is 9.03. The molecular formula is C22H29NOSi. The van der Waals surface area contributed by atoms with Gasteiger partial charge in [0.15, 0.2) is 0 Å². The van der Waals surface area contributed by atoms with Crippen molar-refractivity contribution in [2.75, 3.05) is 0 Å². The van der Waals surface area contributed by atoms with Crippen LogP contribution in [-0.2, 0) is 4.43 Å². The van der Waals surface area contributed by atoms with Crippen molar-refractivity contribution in [3.05, 3.63) is 60.7 Å². The standard InChI is InChI=1S/C22H29NOSi/c1-19(13-11-12-18-23)24-25(22(2,3)4,20-14-7-5-8-15-20)21-16-9-6-10-17-21/h5-10,14-17,19H,11-13H2,1-4H3/t19-/m1/s1. The highest BCUT2D eigenvalue weighted by molar-refractivity contribution is 6.99. The lowest BCUT2D eigenvalue weighted by atomic mass is 10.2. The van der Waals surface area contributed by atoms with Crippen LogP contribution >= 0.6 is 0 Å². The zero-order valence-corrected chi connectivity index (χ0v) is 16.8. The predicted molar refractivity (Wildman–Crippen MR) is 108 cm³/mol. The molecule has 2 aromatic rings. The van der Waals surface area contributed by atoms with Gasteiger partial charge in [-0.2, -0.15) is 5.26 Å². The second-order valence-electron chi connectivity index (χ2n) is 7.64. The van der Waals surface area contributed by atoms with E-state index in [4.69, 9.17) is 9.69 Å². The van der Waals surface area contributed by atoms with Gasteiger partial charge in [0.05, 0.1) is 6.07 Å². The van der Waals surface area contributed by atoms with Crippen LogP contribution in [0.5, 0.6) is 0 Å². The maximum Gasteiger partial charge on any atom is 0.261 e. The minimum atomic E-state index is -2.46. The minimum absolute atomic E-state index is 0.000798. The van der Waals surface area contributed by atoms with Crippen LogP contribution in [0.2, 0.25) is 5.04 Å². The number of benzene rings is 2. The number of hydrogen-bond donors (Lipinski definition) is 0. The van der Waals surface area contributed by atoms with Gasteiger partial charge >= 0.3 is 0 Å². The molecule has 2 nitrogen and oxygen atoms in total. The summed E-state index contributed by atoms with van der Waals surface area (Å²) < 4.78 is 6.95. The molecule has 3 heteroatoms. The lowest BCUT2D eigenvalue weighted by molar-refractivity contribution is 0.194. The highest BCUT2D eigenvalue weighted by atomic mass is 28.4. The molecule has 0 amide bonds. The van der Waals surface area contributed by atoms with Crippen molar-refractivity contribution in [1.29, 1.82) is 5.26 Å². The van der Waals surface area contributed by atoms with Gasteiger partial charge in [-0.1, -0.05) is 81.4 Å². The highest BCUT2D eigenvalue weighted by Crippen LogP contribution is 2.37. The van der Waals surface area contributed by atoms with E-state index in [0.29, 0.717) is 6.42 Å². The molecule has 0 aliphatic rings. The summed E-state index contributed by atoms with van der Waals surface area (Å²) in [6, 6.07) is 23.6. The van der Waals surface area contributed by atoms with Crippen molar-refractivity contribution >= 4 is 18.7 Å². The molecule has 2 rings (SSSR count). The molecule has 0 spiro atoms. The fraction of sp³-hybridized carbons (Fsp3) is 0.409. The Kier molecular flexibility index (Phi) is 6.58. The second-order valence-corrected chi connectivity index (χ2v) is 11.9. The van der Waals surface area contributed by atoms with Crippen LogP contribution in [0.4, 0.5) is 0 Å². The molecule has 1 atom stereocenters. The average molecular weight is 352 g/mol. The number of nitriles is 1. The summed E-state index contributed by atoms with van der Waals surface area (Å²) in [5.41, 5.74) is 0. The van der Waals surface area contributed by atoms with Gasteiger partial charge in [0.25, 0.3) is 8.32 Å². The molecule has 0 N–H and O–H groups in total. The zero-order valence-electron chi connectivity index (χ0n) is 15.8. The van der Waals surface area contributed by atoms with Crippen molar-refractivity contribution in [2.24, 2.45) is 0 Å². The molecule has 0 saturated carbocycles. The molecule has 0 saturated heterocycles. The third-order valence-electron chi connectivity index (χ3n) is 4.69. The number of rotatable bonds is 7. The Bertz CT molecular complexity index is 646. The topological polar surface area (TPSA) is 33.0 Å². The van der Waals surface area contributed by atoms with Gasteiger partial charge in [0.2, 0.25) is 0 Å². The molecule has 0 aromatic heterocycles. The minimum Gasteiger partial charge on any atom is -0.405 e. The largest absolute Gasteiger partial charge is 0.405 e. The molecule has 2 aromatic carbocycles. The molecule has 0 radical (unpaired) electrons. The molecular weight excluding hydrogens is 322 g/mol. The van der Waals surface area contributed by atoms with E-state index < -0.39 is 8.32 Å². The van der Waals surface area contributed by atoms with E-state index in [1.807, 2.05) is 0 Å². The summed E-state index contributed by atoms with van der Waals surface area (Å²) in [4.78, 5) is 0. The Morgan fingerprint density at radius 1 is 0.960 bits per heavy atom. The Hall–Kier alpha value is -1.89. The van der Waals surface area contributed by atoms with Gasteiger partial charge < -0.3 is 4.43 Å². The quantitative estimate of drug-likeness (QED) is 0.537. The van der Waals surface area contributed by atoms with Crippen LogP contribution in [0.15, 0.2) is 60.7 Å². The van der Waals surface area contributed by atoms with Crippen molar-refractivity contribution in [2.45, 2.75) is 58.1 Å². The first-order chi connectivity index (χ1) is 11.9. The summed E-state index contributed by atoms with van der Waals surface area (Å²) in [7, 11) is -2.46. The van der Waals surface area contributed by atoms with Crippen LogP contribution in [-0.4, -0.2) is 14.4 Å². The van der Waals surface area contributed by atoms with Gasteiger partial charge in [-0.05, 0) is 35.2 Å². The summed E-state index contributed by atoms with van der Waals surface area (Å²) in [6.07, 6.45) is 2.52.